The van der Waals surface area contributed by atoms with Crippen molar-refractivity contribution >= 4 is 5.97 Å². The van der Waals surface area contributed by atoms with Gasteiger partial charge in [-0.05, 0) is 19.1 Å². The molecule has 1 N–H and O–H groups in total. The van der Waals surface area contributed by atoms with E-state index in [4.69, 9.17) is 5.11 Å². The van der Waals surface area contributed by atoms with Gasteiger partial charge in [0.1, 0.15) is 0 Å². The van der Waals surface area contributed by atoms with Gasteiger partial charge in [0.25, 0.3) is 0 Å². The summed E-state index contributed by atoms with van der Waals surface area (Å²) in [7, 11) is 0. The zero-order valence-electron chi connectivity index (χ0n) is 7.66. The second kappa shape index (κ2) is 4.54. The van der Waals surface area contributed by atoms with Crippen LogP contribution in [0.1, 0.15) is 17.3 Å². The first-order valence-corrected chi connectivity index (χ1v) is 3.00. The van der Waals surface area contributed by atoms with Gasteiger partial charge in [-0.3, -0.25) is 0 Å². The number of aryl methyl sites for hydroxylation is 1. The van der Waals surface area contributed by atoms with Gasteiger partial charge in [0, 0.05) is 0 Å². The Bertz CT molecular complexity index is 263. The fourth-order valence-corrected chi connectivity index (χ4v) is 0.778. The number of aromatic carboxylic acids is 1. The largest absolute Gasteiger partial charge is 1.00 e. The number of carbonyl (C=O) groups is 1. The average Bonchev–Trinajstić information content (AvgIpc) is 1.88. The second-order valence-electron chi connectivity index (χ2n) is 2.17. The minimum absolute atomic E-state index is 0. The molecule has 0 saturated heterocycles. The number of rotatable bonds is 1. The Labute approximate surface area is 89.0 Å². The predicted molar refractivity (Wildman–Crippen MR) is 39.3 cm³/mol. The Morgan fingerprint density at radius 1 is 1.55 bits per heavy atom. The van der Waals surface area contributed by atoms with Crippen molar-refractivity contribution in [3.63, 3.8) is 0 Å². The molecular formula is C8H9NaO2. The molecule has 0 atom stereocenters. The third-order valence-electron chi connectivity index (χ3n) is 1.27. The van der Waals surface area contributed by atoms with Crippen LogP contribution >= 0.6 is 0 Å². The summed E-state index contributed by atoms with van der Waals surface area (Å²) in [6.45, 7) is 1.87. The molecule has 0 unspecified atom stereocenters. The Morgan fingerprint density at radius 2 is 2.18 bits per heavy atom. The van der Waals surface area contributed by atoms with E-state index in [1.165, 1.54) is 0 Å². The van der Waals surface area contributed by atoms with E-state index in [9.17, 15) is 4.79 Å². The molecule has 0 spiro atoms. The minimum Gasteiger partial charge on any atom is -1.00 e. The number of hydrogen-bond acceptors (Lipinski definition) is 1. The van der Waals surface area contributed by atoms with E-state index in [2.05, 4.69) is 0 Å². The van der Waals surface area contributed by atoms with Crippen LogP contribution in [-0.2, 0) is 0 Å². The standard InChI is InChI=1S/C8H8O2.Na.H/c1-6-3-2-4-7(5-6)8(9)10;;/h2-5H,1H3,(H,9,10);;/q;+1;-1. The zero-order chi connectivity index (χ0) is 7.56. The molecule has 2 nitrogen and oxygen atoms in total. The maximum absolute atomic E-state index is 10.4. The maximum atomic E-state index is 10.4. The van der Waals surface area contributed by atoms with Gasteiger partial charge in [-0.2, -0.15) is 0 Å². The molecule has 0 fully saturated rings. The van der Waals surface area contributed by atoms with Gasteiger partial charge in [0.05, 0.1) is 5.56 Å². The van der Waals surface area contributed by atoms with Gasteiger partial charge >= 0.3 is 35.5 Å². The Balaban J connectivity index is 0. The van der Waals surface area contributed by atoms with Crippen LogP contribution in [-0.4, -0.2) is 11.1 Å². The molecule has 0 saturated carbocycles. The van der Waals surface area contributed by atoms with Gasteiger partial charge in [0.15, 0.2) is 0 Å². The fourth-order valence-electron chi connectivity index (χ4n) is 0.778. The van der Waals surface area contributed by atoms with E-state index in [-0.39, 0.29) is 31.0 Å². The molecule has 1 rings (SSSR count). The fraction of sp³-hybridized carbons (Fsp3) is 0.125. The molecule has 0 aliphatic rings. The van der Waals surface area contributed by atoms with E-state index in [1.807, 2.05) is 13.0 Å². The molecule has 54 valence electrons. The molecular weight excluding hydrogens is 151 g/mol. The molecule has 0 radical (unpaired) electrons. The van der Waals surface area contributed by atoms with E-state index >= 15 is 0 Å². The second-order valence-corrected chi connectivity index (χ2v) is 2.17. The summed E-state index contributed by atoms with van der Waals surface area (Å²) in [6, 6.07) is 6.82. The number of carboxylic acids is 1. The summed E-state index contributed by atoms with van der Waals surface area (Å²) in [4.78, 5) is 10.4. The van der Waals surface area contributed by atoms with Crippen LogP contribution < -0.4 is 29.6 Å². The van der Waals surface area contributed by atoms with Crippen molar-refractivity contribution in [1.29, 1.82) is 0 Å². The molecule has 3 heteroatoms. The molecule has 1 aromatic carbocycles. The molecule has 0 heterocycles. The van der Waals surface area contributed by atoms with E-state index in [0.717, 1.165) is 5.56 Å². The van der Waals surface area contributed by atoms with Crippen LogP contribution in [0.4, 0.5) is 0 Å². The monoisotopic (exact) mass is 160 g/mol. The van der Waals surface area contributed by atoms with E-state index in [0.29, 0.717) is 5.56 Å². The van der Waals surface area contributed by atoms with Crippen molar-refractivity contribution in [3.8, 4) is 0 Å². The van der Waals surface area contributed by atoms with Crippen molar-refractivity contribution in [1.82, 2.24) is 0 Å². The summed E-state index contributed by atoms with van der Waals surface area (Å²) in [5.41, 5.74) is 1.32. The number of carboxylic acid groups (broad SMARTS) is 1. The first kappa shape index (κ1) is 10.7. The SMILES string of the molecule is Cc1cccc(C(=O)O)c1.[H-].[Na+]. The average molecular weight is 160 g/mol. The van der Waals surface area contributed by atoms with Crippen LogP contribution in [0.25, 0.3) is 0 Å². The van der Waals surface area contributed by atoms with Crippen LogP contribution in [0.3, 0.4) is 0 Å². The van der Waals surface area contributed by atoms with Gasteiger partial charge in [0.2, 0.25) is 0 Å². The third-order valence-corrected chi connectivity index (χ3v) is 1.27. The zero-order valence-corrected chi connectivity index (χ0v) is 8.66. The van der Waals surface area contributed by atoms with E-state index in [1.54, 1.807) is 18.2 Å². The molecule has 0 aliphatic carbocycles. The minimum atomic E-state index is -0.872. The summed E-state index contributed by atoms with van der Waals surface area (Å²) < 4.78 is 0. The molecule has 0 aliphatic heterocycles. The van der Waals surface area contributed by atoms with Gasteiger partial charge in [-0.25, -0.2) is 4.79 Å². The molecule has 11 heavy (non-hydrogen) atoms. The van der Waals surface area contributed by atoms with Crippen molar-refractivity contribution < 1.29 is 40.9 Å². The number of benzene rings is 1. The Hall–Kier alpha value is -0.310. The van der Waals surface area contributed by atoms with Crippen LogP contribution in [0.15, 0.2) is 24.3 Å². The number of hydrogen-bond donors (Lipinski definition) is 1. The van der Waals surface area contributed by atoms with Crippen LogP contribution in [0, 0.1) is 6.92 Å². The van der Waals surface area contributed by atoms with Gasteiger partial charge in [-0.15, -0.1) is 0 Å². The Kier molecular flexibility index (Phi) is 4.42. The first-order valence-electron chi connectivity index (χ1n) is 3.00. The van der Waals surface area contributed by atoms with Crippen molar-refractivity contribution in [2.45, 2.75) is 6.92 Å². The molecule has 0 aromatic heterocycles. The predicted octanol–water partition coefficient (Wildman–Crippen LogP) is -1.19. The Morgan fingerprint density at radius 3 is 2.55 bits per heavy atom. The van der Waals surface area contributed by atoms with Gasteiger partial charge in [-0.1, -0.05) is 17.7 Å². The van der Waals surface area contributed by atoms with Crippen molar-refractivity contribution in [2.75, 3.05) is 0 Å². The summed E-state index contributed by atoms with van der Waals surface area (Å²) in [6.07, 6.45) is 0. The third kappa shape index (κ3) is 3.06. The maximum Gasteiger partial charge on any atom is 1.00 e. The van der Waals surface area contributed by atoms with Crippen LogP contribution in [0.5, 0.6) is 0 Å². The quantitative estimate of drug-likeness (QED) is 0.524. The molecule has 0 bridgehead atoms. The summed E-state index contributed by atoms with van der Waals surface area (Å²) in [5.74, 6) is -0.872. The van der Waals surface area contributed by atoms with Crippen molar-refractivity contribution in [2.24, 2.45) is 0 Å². The van der Waals surface area contributed by atoms with Gasteiger partial charge < -0.3 is 6.53 Å². The topological polar surface area (TPSA) is 37.3 Å². The van der Waals surface area contributed by atoms with Crippen LogP contribution in [0.2, 0.25) is 0 Å². The smallest absolute Gasteiger partial charge is 1.00 e. The molecule has 0 amide bonds. The summed E-state index contributed by atoms with van der Waals surface area (Å²) in [5, 5.41) is 8.51. The van der Waals surface area contributed by atoms with E-state index < -0.39 is 5.97 Å². The molecule has 1 aromatic rings. The normalized spacial score (nSPS) is 8.45. The first-order chi connectivity index (χ1) is 4.70. The summed E-state index contributed by atoms with van der Waals surface area (Å²) >= 11 is 0. The van der Waals surface area contributed by atoms with Crippen molar-refractivity contribution in [3.05, 3.63) is 35.4 Å².